The molecule has 0 saturated carbocycles. The van der Waals surface area contributed by atoms with Gasteiger partial charge in [0, 0.05) is 28.4 Å². The molecule has 1 unspecified atom stereocenters. The molecule has 3 N–H and O–H groups in total. The second kappa shape index (κ2) is 14.9. The number of nitrogens with one attached hydrogen (secondary N) is 1. The number of nitrogens with two attached hydrogens (primary N) is 1. The van der Waals surface area contributed by atoms with E-state index in [1.807, 2.05) is 54.0 Å². The highest BCUT2D eigenvalue weighted by Crippen LogP contribution is 2.34. The standard InChI is InChI=1S/C32H35ClN6O5/c1-21-37-38-32-28(20-30(40)35-24-7-9-25(10-8-24)44-18-17-43-16-15-42-14-13-34)36-31(22-3-5-23(33)6-4-22)27-19-26(41-2)11-12-29(27)39(21)32/h3-12,19,28H,13-18,20,34H2,1-2H3,(H,35,40). The van der Waals surface area contributed by atoms with Crippen molar-refractivity contribution in [2.24, 2.45) is 10.7 Å². The first kappa shape index (κ1) is 31.1. The van der Waals surface area contributed by atoms with E-state index in [4.69, 9.17) is 41.3 Å². The lowest BCUT2D eigenvalue weighted by Crippen LogP contribution is -2.17. The van der Waals surface area contributed by atoms with Crippen LogP contribution in [0.5, 0.6) is 11.5 Å². The summed E-state index contributed by atoms with van der Waals surface area (Å²) >= 11 is 6.19. The number of carbonyl (C=O) groups excluding carboxylic acids is 1. The fourth-order valence-electron chi connectivity index (χ4n) is 4.82. The second-order valence-electron chi connectivity index (χ2n) is 9.96. The van der Waals surface area contributed by atoms with Crippen molar-refractivity contribution in [3.05, 3.63) is 94.5 Å². The van der Waals surface area contributed by atoms with Crippen LogP contribution in [-0.4, -0.2) is 73.1 Å². The minimum atomic E-state index is -0.608. The van der Waals surface area contributed by atoms with Crippen LogP contribution in [-0.2, 0) is 14.3 Å². The third-order valence-corrected chi connectivity index (χ3v) is 7.15. The van der Waals surface area contributed by atoms with Gasteiger partial charge in [0.1, 0.15) is 30.0 Å². The SMILES string of the molecule is COc1ccc2c(c1)C(c1ccc(Cl)cc1)=NC(CC(=O)Nc1ccc(OCCOCCOCCN)cc1)c1nnc(C)n1-2. The maximum atomic E-state index is 13.4. The Kier molecular flexibility index (Phi) is 10.6. The van der Waals surface area contributed by atoms with E-state index in [2.05, 4.69) is 15.5 Å². The maximum absolute atomic E-state index is 13.4. The van der Waals surface area contributed by atoms with Gasteiger partial charge in [0.15, 0.2) is 5.82 Å². The van der Waals surface area contributed by atoms with Gasteiger partial charge in [0.25, 0.3) is 0 Å². The lowest BCUT2D eigenvalue weighted by molar-refractivity contribution is -0.116. The number of hydrogen-bond donors (Lipinski definition) is 2. The van der Waals surface area contributed by atoms with E-state index in [9.17, 15) is 4.79 Å². The lowest BCUT2D eigenvalue weighted by Gasteiger charge is -2.14. The van der Waals surface area contributed by atoms with Crippen LogP contribution in [0.3, 0.4) is 0 Å². The molecule has 0 radical (unpaired) electrons. The molecular formula is C32H35ClN6O5. The van der Waals surface area contributed by atoms with Crippen molar-refractivity contribution in [1.82, 2.24) is 14.8 Å². The Morgan fingerprint density at radius 2 is 1.64 bits per heavy atom. The Morgan fingerprint density at radius 1 is 0.932 bits per heavy atom. The molecule has 0 fully saturated rings. The van der Waals surface area contributed by atoms with Gasteiger partial charge in [0.05, 0.1) is 51.4 Å². The quantitative estimate of drug-likeness (QED) is 0.197. The third-order valence-electron chi connectivity index (χ3n) is 6.90. The van der Waals surface area contributed by atoms with E-state index >= 15 is 0 Å². The summed E-state index contributed by atoms with van der Waals surface area (Å²) in [6.45, 7) is 4.70. The lowest BCUT2D eigenvalue weighted by atomic mass is 10.00. The maximum Gasteiger partial charge on any atom is 0.227 e. The summed E-state index contributed by atoms with van der Waals surface area (Å²) in [5.41, 5.74) is 9.25. The second-order valence-corrected chi connectivity index (χ2v) is 10.4. The first-order valence-electron chi connectivity index (χ1n) is 14.3. The number of aryl methyl sites for hydroxylation is 1. The molecule has 2 heterocycles. The zero-order chi connectivity index (χ0) is 30.9. The van der Waals surface area contributed by atoms with Crippen LogP contribution < -0.4 is 20.5 Å². The van der Waals surface area contributed by atoms with Gasteiger partial charge < -0.3 is 30.0 Å². The van der Waals surface area contributed by atoms with Crippen molar-refractivity contribution in [2.75, 3.05) is 52.0 Å². The van der Waals surface area contributed by atoms with E-state index < -0.39 is 6.04 Å². The number of amides is 1. The number of benzene rings is 3. The zero-order valence-electron chi connectivity index (χ0n) is 24.7. The molecule has 0 bridgehead atoms. The van der Waals surface area contributed by atoms with Gasteiger partial charge in [-0.1, -0.05) is 23.7 Å². The van der Waals surface area contributed by atoms with Crippen molar-refractivity contribution in [2.45, 2.75) is 19.4 Å². The Morgan fingerprint density at radius 3 is 2.36 bits per heavy atom. The molecule has 44 heavy (non-hydrogen) atoms. The van der Waals surface area contributed by atoms with Gasteiger partial charge in [-0.15, -0.1) is 10.2 Å². The fourth-order valence-corrected chi connectivity index (χ4v) is 4.95. The molecule has 1 amide bonds. The van der Waals surface area contributed by atoms with E-state index in [-0.39, 0.29) is 12.3 Å². The largest absolute Gasteiger partial charge is 0.497 e. The van der Waals surface area contributed by atoms with Gasteiger partial charge in [-0.3, -0.25) is 14.4 Å². The monoisotopic (exact) mass is 618 g/mol. The van der Waals surface area contributed by atoms with Gasteiger partial charge in [-0.05, 0) is 61.5 Å². The summed E-state index contributed by atoms with van der Waals surface area (Å²) in [7, 11) is 1.62. The molecular weight excluding hydrogens is 584 g/mol. The van der Waals surface area contributed by atoms with Crippen molar-refractivity contribution in [1.29, 1.82) is 0 Å². The Labute approximate surface area is 261 Å². The number of rotatable bonds is 14. The highest BCUT2D eigenvalue weighted by Gasteiger charge is 2.30. The molecule has 0 saturated heterocycles. The van der Waals surface area contributed by atoms with Gasteiger partial charge in [-0.2, -0.15) is 0 Å². The molecule has 1 aliphatic heterocycles. The molecule has 4 aromatic rings. The number of hydrogen-bond acceptors (Lipinski definition) is 9. The van der Waals surface area contributed by atoms with Crippen LogP contribution in [0.2, 0.25) is 5.02 Å². The predicted molar refractivity (Wildman–Crippen MR) is 168 cm³/mol. The summed E-state index contributed by atoms with van der Waals surface area (Å²) in [6, 6.07) is 19.8. The highest BCUT2D eigenvalue weighted by atomic mass is 35.5. The summed E-state index contributed by atoms with van der Waals surface area (Å²) in [6.07, 6.45) is 0.0466. The Bertz CT molecular complexity index is 1590. The minimum absolute atomic E-state index is 0.0466. The number of ether oxygens (including phenoxy) is 4. The molecule has 1 aromatic heterocycles. The smallest absolute Gasteiger partial charge is 0.227 e. The van der Waals surface area contributed by atoms with Crippen LogP contribution in [0.25, 0.3) is 5.69 Å². The minimum Gasteiger partial charge on any atom is -0.497 e. The fraction of sp³-hybridized carbons (Fsp3) is 0.312. The van der Waals surface area contributed by atoms with Gasteiger partial charge >= 0.3 is 0 Å². The summed E-state index contributed by atoms with van der Waals surface area (Å²) in [5, 5.41) is 12.4. The third kappa shape index (κ3) is 7.61. The Hall–Kier alpha value is -4.29. The van der Waals surface area contributed by atoms with Crippen LogP contribution >= 0.6 is 11.6 Å². The average Bonchev–Trinajstić information content (AvgIpc) is 3.36. The normalized spacial score (nSPS) is 13.8. The first-order chi connectivity index (χ1) is 21.5. The first-order valence-corrected chi connectivity index (χ1v) is 14.7. The zero-order valence-corrected chi connectivity index (χ0v) is 25.4. The van der Waals surface area contributed by atoms with Crippen LogP contribution in [0, 0.1) is 6.92 Å². The molecule has 0 aliphatic carbocycles. The highest BCUT2D eigenvalue weighted by molar-refractivity contribution is 6.30. The van der Waals surface area contributed by atoms with E-state index in [1.165, 1.54) is 0 Å². The molecule has 1 aliphatic rings. The number of fused-ring (bicyclic) bond motifs is 3. The van der Waals surface area contributed by atoms with E-state index in [0.29, 0.717) is 79.1 Å². The summed E-state index contributed by atoms with van der Waals surface area (Å²) in [5.74, 6) is 2.39. The van der Waals surface area contributed by atoms with E-state index in [1.54, 1.807) is 31.4 Å². The van der Waals surface area contributed by atoms with Gasteiger partial charge in [-0.25, -0.2) is 0 Å². The number of halogens is 1. The van der Waals surface area contributed by atoms with Crippen molar-refractivity contribution < 1.29 is 23.7 Å². The number of aliphatic imine (C=N–C) groups is 1. The van der Waals surface area contributed by atoms with Crippen molar-refractivity contribution >= 4 is 28.9 Å². The number of nitrogens with zero attached hydrogens (tertiary/aromatic N) is 4. The Balaban J connectivity index is 1.30. The van der Waals surface area contributed by atoms with Crippen LogP contribution in [0.15, 0.2) is 71.7 Å². The van der Waals surface area contributed by atoms with Crippen LogP contribution in [0.4, 0.5) is 5.69 Å². The molecule has 11 nitrogen and oxygen atoms in total. The molecule has 230 valence electrons. The summed E-state index contributed by atoms with van der Waals surface area (Å²) < 4.78 is 24.0. The van der Waals surface area contributed by atoms with Crippen molar-refractivity contribution in [3.63, 3.8) is 0 Å². The number of aromatic nitrogens is 3. The molecule has 12 heteroatoms. The molecule has 5 rings (SSSR count). The van der Waals surface area contributed by atoms with Crippen molar-refractivity contribution in [3.8, 4) is 17.2 Å². The topological polar surface area (TPSA) is 135 Å². The number of methoxy groups -OCH3 is 1. The summed E-state index contributed by atoms with van der Waals surface area (Å²) in [4.78, 5) is 18.5. The number of anilines is 1. The molecule has 0 spiro atoms. The molecule has 3 aromatic carbocycles. The average molecular weight is 619 g/mol. The van der Waals surface area contributed by atoms with E-state index in [0.717, 1.165) is 16.8 Å². The predicted octanol–water partition coefficient (Wildman–Crippen LogP) is 4.53. The van der Waals surface area contributed by atoms with Gasteiger partial charge in [0.2, 0.25) is 5.91 Å². The molecule has 1 atom stereocenters. The van der Waals surface area contributed by atoms with Crippen LogP contribution in [0.1, 0.15) is 35.2 Å². The number of carbonyl (C=O) groups is 1.